The van der Waals surface area contributed by atoms with E-state index in [1.807, 2.05) is 44.2 Å². The molecule has 0 unspecified atom stereocenters. The molecule has 0 aliphatic heterocycles. The zero-order valence-corrected chi connectivity index (χ0v) is 12.4. The van der Waals surface area contributed by atoms with Crippen LogP contribution in [0.1, 0.15) is 49.0 Å². The molecule has 1 heteroatoms. The molecule has 104 valence electrons. The third kappa shape index (κ3) is 3.36. The van der Waals surface area contributed by atoms with Gasteiger partial charge in [-0.1, -0.05) is 61.1 Å². The van der Waals surface area contributed by atoms with Gasteiger partial charge in [0.25, 0.3) is 0 Å². The van der Waals surface area contributed by atoms with Gasteiger partial charge in [0, 0.05) is 11.5 Å². The fourth-order valence-electron chi connectivity index (χ4n) is 2.32. The average Bonchev–Trinajstić information content (AvgIpc) is 2.37. The van der Waals surface area contributed by atoms with Crippen LogP contribution in [0.4, 0.5) is 0 Å². The fraction of sp³-hybridized carbons (Fsp3) is 0.316. The number of carbonyl (C=O) groups excluding carboxylic acids is 1. The van der Waals surface area contributed by atoms with Crippen molar-refractivity contribution in [3.05, 3.63) is 65.8 Å². The maximum Gasteiger partial charge on any atom is 0.165 e. The minimum atomic E-state index is 0.269. The van der Waals surface area contributed by atoms with Crippen LogP contribution in [0.5, 0.6) is 0 Å². The Morgan fingerprint density at radius 2 is 1.75 bits per heavy atom. The first kappa shape index (κ1) is 14.5. The van der Waals surface area contributed by atoms with Crippen molar-refractivity contribution >= 4 is 11.4 Å². The lowest BCUT2D eigenvalue weighted by atomic mass is 9.80. The molecule has 1 fully saturated rings. The smallest absolute Gasteiger partial charge is 0.165 e. The van der Waals surface area contributed by atoms with Crippen molar-refractivity contribution in [1.82, 2.24) is 0 Å². The molecule has 0 aromatic heterocycles. The van der Waals surface area contributed by atoms with Gasteiger partial charge in [0.1, 0.15) is 0 Å². The SMILES string of the molecule is C=C(C)/C=C\C(=C/C)c1ccc(C(=O)C2CCC2)cc1. The fourth-order valence-corrected chi connectivity index (χ4v) is 2.32. The number of allylic oxidation sites excluding steroid dienone is 5. The molecule has 2 rings (SSSR count). The summed E-state index contributed by atoms with van der Waals surface area (Å²) in [5.74, 6) is 0.577. The van der Waals surface area contributed by atoms with Crippen LogP contribution in [0, 0.1) is 5.92 Å². The Labute approximate surface area is 121 Å². The minimum Gasteiger partial charge on any atom is -0.294 e. The quantitative estimate of drug-likeness (QED) is 0.528. The van der Waals surface area contributed by atoms with Gasteiger partial charge in [0.15, 0.2) is 5.78 Å². The standard InChI is InChI=1S/C19H22O/c1-4-15(9-8-14(2)3)16-10-12-18(13-11-16)19(20)17-6-5-7-17/h4,8-13,17H,2,5-7H2,1,3H3/b9-8-,15-4+. The summed E-state index contributed by atoms with van der Waals surface area (Å²) in [5, 5.41) is 0. The van der Waals surface area contributed by atoms with E-state index in [0.717, 1.165) is 35.1 Å². The summed E-state index contributed by atoms with van der Waals surface area (Å²) in [5.41, 5.74) is 4.16. The van der Waals surface area contributed by atoms with E-state index in [-0.39, 0.29) is 5.92 Å². The van der Waals surface area contributed by atoms with Gasteiger partial charge in [-0.15, -0.1) is 0 Å². The first-order valence-corrected chi connectivity index (χ1v) is 7.26. The lowest BCUT2D eigenvalue weighted by molar-refractivity contribution is 0.0855. The van der Waals surface area contributed by atoms with Gasteiger partial charge in [-0.25, -0.2) is 0 Å². The monoisotopic (exact) mass is 266 g/mol. The Morgan fingerprint density at radius 3 is 2.20 bits per heavy atom. The summed E-state index contributed by atoms with van der Waals surface area (Å²) in [6.07, 6.45) is 9.45. The van der Waals surface area contributed by atoms with Crippen molar-refractivity contribution < 1.29 is 4.79 Å². The van der Waals surface area contributed by atoms with E-state index in [1.165, 1.54) is 6.42 Å². The molecular formula is C19H22O. The van der Waals surface area contributed by atoms with Crippen LogP contribution in [0.15, 0.2) is 54.6 Å². The molecule has 0 bridgehead atoms. The summed E-state index contributed by atoms with van der Waals surface area (Å²) in [6, 6.07) is 7.97. The largest absolute Gasteiger partial charge is 0.294 e. The van der Waals surface area contributed by atoms with E-state index in [1.54, 1.807) is 0 Å². The van der Waals surface area contributed by atoms with Gasteiger partial charge in [-0.3, -0.25) is 4.79 Å². The molecule has 1 aliphatic rings. The van der Waals surface area contributed by atoms with E-state index < -0.39 is 0 Å². The van der Waals surface area contributed by atoms with Crippen molar-refractivity contribution in [3.63, 3.8) is 0 Å². The van der Waals surface area contributed by atoms with E-state index in [4.69, 9.17) is 0 Å². The van der Waals surface area contributed by atoms with Crippen LogP contribution in [0.25, 0.3) is 5.57 Å². The highest BCUT2D eigenvalue weighted by atomic mass is 16.1. The number of hydrogen-bond donors (Lipinski definition) is 0. The third-order valence-electron chi connectivity index (χ3n) is 3.84. The van der Waals surface area contributed by atoms with Gasteiger partial charge in [0.05, 0.1) is 0 Å². The predicted octanol–water partition coefficient (Wildman–Crippen LogP) is 5.21. The number of Topliss-reactive ketones (excluding diaryl/α,β-unsaturated/α-hetero) is 1. The molecule has 0 spiro atoms. The molecule has 0 saturated heterocycles. The minimum absolute atomic E-state index is 0.269. The summed E-state index contributed by atoms with van der Waals surface area (Å²) >= 11 is 0. The summed E-state index contributed by atoms with van der Waals surface area (Å²) in [4.78, 5) is 12.2. The molecule has 1 aromatic carbocycles. The van der Waals surface area contributed by atoms with Crippen LogP contribution in [-0.4, -0.2) is 5.78 Å². The highest BCUT2D eigenvalue weighted by Crippen LogP contribution is 2.30. The highest BCUT2D eigenvalue weighted by Gasteiger charge is 2.25. The second-order valence-corrected chi connectivity index (χ2v) is 5.49. The first-order chi connectivity index (χ1) is 9.61. The van der Waals surface area contributed by atoms with Gasteiger partial charge in [-0.05, 0) is 37.8 Å². The first-order valence-electron chi connectivity index (χ1n) is 7.26. The van der Waals surface area contributed by atoms with Gasteiger partial charge in [0.2, 0.25) is 0 Å². The highest BCUT2D eigenvalue weighted by molar-refractivity contribution is 5.98. The van der Waals surface area contributed by atoms with Crippen LogP contribution in [-0.2, 0) is 0 Å². The van der Waals surface area contributed by atoms with Crippen LogP contribution in [0.2, 0.25) is 0 Å². The number of hydrogen-bond acceptors (Lipinski definition) is 1. The van der Waals surface area contributed by atoms with Crippen molar-refractivity contribution in [2.75, 3.05) is 0 Å². The number of ketones is 1. The van der Waals surface area contributed by atoms with E-state index in [9.17, 15) is 4.79 Å². The predicted molar refractivity (Wildman–Crippen MR) is 85.7 cm³/mol. The summed E-state index contributed by atoms with van der Waals surface area (Å²) in [7, 11) is 0. The van der Waals surface area contributed by atoms with E-state index >= 15 is 0 Å². The molecule has 20 heavy (non-hydrogen) atoms. The Hall–Kier alpha value is -1.89. The lowest BCUT2D eigenvalue weighted by Gasteiger charge is -2.23. The van der Waals surface area contributed by atoms with Crippen LogP contribution >= 0.6 is 0 Å². The zero-order valence-electron chi connectivity index (χ0n) is 12.4. The normalized spacial score (nSPS) is 16.2. The van der Waals surface area contributed by atoms with Crippen LogP contribution < -0.4 is 0 Å². The number of benzene rings is 1. The topological polar surface area (TPSA) is 17.1 Å². The van der Waals surface area contributed by atoms with Crippen molar-refractivity contribution in [2.24, 2.45) is 5.92 Å². The van der Waals surface area contributed by atoms with Gasteiger partial charge >= 0.3 is 0 Å². The molecule has 0 radical (unpaired) electrons. The Bertz CT molecular complexity index is 554. The zero-order chi connectivity index (χ0) is 14.5. The van der Waals surface area contributed by atoms with Crippen molar-refractivity contribution in [1.29, 1.82) is 0 Å². The molecule has 0 atom stereocenters. The summed E-state index contributed by atoms with van der Waals surface area (Å²) in [6.45, 7) is 7.86. The molecule has 0 heterocycles. The summed E-state index contributed by atoms with van der Waals surface area (Å²) < 4.78 is 0. The molecule has 0 N–H and O–H groups in total. The number of rotatable bonds is 5. The maximum absolute atomic E-state index is 12.2. The molecule has 1 saturated carbocycles. The lowest BCUT2D eigenvalue weighted by Crippen LogP contribution is -2.21. The van der Waals surface area contributed by atoms with Crippen molar-refractivity contribution in [3.8, 4) is 0 Å². The molecular weight excluding hydrogens is 244 g/mol. The molecule has 1 nitrogen and oxygen atoms in total. The third-order valence-corrected chi connectivity index (χ3v) is 3.84. The van der Waals surface area contributed by atoms with E-state index in [0.29, 0.717) is 5.78 Å². The molecule has 1 aromatic rings. The average molecular weight is 266 g/mol. The number of carbonyl (C=O) groups is 1. The Kier molecular flexibility index (Phi) is 4.73. The molecule has 1 aliphatic carbocycles. The second kappa shape index (κ2) is 6.51. The van der Waals surface area contributed by atoms with Gasteiger partial charge < -0.3 is 0 Å². The Balaban J connectivity index is 2.14. The maximum atomic E-state index is 12.2. The molecule has 0 amide bonds. The van der Waals surface area contributed by atoms with Crippen LogP contribution in [0.3, 0.4) is 0 Å². The van der Waals surface area contributed by atoms with E-state index in [2.05, 4.69) is 18.7 Å². The Morgan fingerprint density at radius 1 is 1.15 bits per heavy atom. The van der Waals surface area contributed by atoms with Gasteiger partial charge in [-0.2, -0.15) is 0 Å². The van der Waals surface area contributed by atoms with Crippen molar-refractivity contribution in [2.45, 2.75) is 33.1 Å². The second-order valence-electron chi connectivity index (χ2n) is 5.49.